The van der Waals surface area contributed by atoms with Crippen LogP contribution in [-0.2, 0) is 32.6 Å². The molecule has 0 saturated heterocycles. The third-order valence-corrected chi connectivity index (χ3v) is 8.96. The lowest BCUT2D eigenvalue weighted by molar-refractivity contribution is -0.141. The summed E-state index contributed by atoms with van der Waals surface area (Å²) in [5.74, 6) is -0.720. The van der Waals surface area contributed by atoms with Crippen LogP contribution in [0.5, 0.6) is 0 Å². The van der Waals surface area contributed by atoms with Gasteiger partial charge in [-0.1, -0.05) is 91.1 Å². The first-order chi connectivity index (χ1) is 18.9. The van der Waals surface area contributed by atoms with Crippen molar-refractivity contribution in [3.63, 3.8) is 0 Å². The van der Waals surface area contributed by atoms with E-state index < -0.39 is 28.5 Å². The largest absolute Gasteiger partial charge is 0.354 e. The van der Waals surface area contributed by atoms with Gasteiger partial charge < -0.3 is 10.2 Å². The fraction of sp³-hybridized carbons (Fsp3) is 0.333. The Morgan fingerprint density at radius 3 is 2.08 bits per heavy atom. The van der Waals surface area contributed by atoms with Crippen molar-refractivity contribution in [2.45, 2.75) is 44.7 Å². The molecule has 2 amide bonds. The molecule has 3 rings (SSSR count). The van der Waals surface area contributed by atoms with Gasteiger partial charge in [0.25, 0.3) is 0 Å². The number of nitrogens with zero attached hydrogens (tertiary/aromatic N) is 2. The number of aryl methyl sites for hydroxylation is 1. The lowest BCUT2D eigenvalue weighted by atomic mass is 10.0. The quantitative estimate of drug-likeness (QED) is 0.303. The van der Waals surface area contributed by atoms with E-state index in [-0.39, 0.29) is 29.7 Å². The smallest absolute Gasteiger partial charge is 0.243 e. The van der Waals surface area contributed by atoms with E-state index in [1.165, 1.54) is 24.1 Å². The maximum absolute atomic E-state index is 13.9. The Labute approximate surface area is 247 Å². The normalized spacial score (nSPS) is 12.4. The molecular weight excluding hydrogens is 569 g/mol. The van der Waals surface area contributed by atoms with Crippen molar-refractivity contribution in [2.24, 2.45) is 5.92 Å². The Morgan fingerprint density at radius 1 is 0.900 bits per heavy atom. The molecule has 0 radical (unpaired) electrons. The van der Waals surface area contributed by atoms with Crippen LogP contribution in [0.15, 0.2) is 77.7 Å². The number of carbonyl (C=O) groups excluding carboxylic acids is 2. The standard InChI is InChI=1S/C30H35Cl2N3O4S/c1-21(2)18-33-30(37)28(17-23-9-6-5-7-10-23)35(19-25-26(31)11-8-12-27(25)32)29(36)20-34(4)40(38,39)24-15-13-22(3)14-16-24/h5-16,21,28H,17-20H2,1-4H3,(H,33,37)/t28-/m1/s1. The summed E-state index contributed by atoms with van der Waals surface area (Å²) < 4.78 is 27.5. The first-order valence-corrected chi connectivity index (χ1v) is 15.2. The highest BCUT2D eigenvalue weighted by Crippen LogP contribution is 2.27. The molecule has 0 saturated carbocycles. The minimum atomic E-state index is -3.97. The number of nitrogens with one attached hydrogen (secondary N) is 1. The highest BCUT2D eigenvalue weighted by atomic mass is 35.5. The van der Waals surface area contributed by atoms with Gasteiger partial charge in [0.2, 0.25) is 21.8 Å². The van der Waals surface area contributed by atoms with Gasteiger partial charge >= 0.3 is 0 Å². The first kappa shape index (κ1) is 31.6. The molecule has 0 heterocycles. The van der Waals surface area contributed by atoms with Gasteiger partial charge in [-0.15, -0.1) is 0 Å². The van der Waals surface area contributed by atoms with Crippen molar-refractivity contribution < 1.29 is 18.0 Å². The Balaban J connectivity index is 2.01. The van der Waals surface area contributed by atoms with Crippen molar-refractivity contribution in [3.05, 3.63) is 99.5 Å². The number of likely N-dealkylation sites (N-methyl/N-ethyl adjacent to an activating group) is 1. The average Bonchev–Trinajstić information content (AvgIpc) is 2.91. The minimum absolute atomic E-state index is 0.0737. The van der Waals surface area contributed by atoms with Gasteiger partial charge in [-0.05, 0) is 42.7 Å². The van der Waals surface area contributed by atoms with Crippen LogP contribution in [0.1, 0.15) is 30.5 Å². The zero-order chi connectivity index (χ0) is 29.4. The van der Waals surface area contributed by atoms with E-state index >= 15 is 0 Å². The minimum Gasteiger partial charge on any atom is -0.354 e. The highest BCUT2D eigenvalue weighted by Gasteiger charge is 2.33. The number of halogens is 2. The fourth-order valence-corrected chi connectivity index (χ4v) is 5.72. The first-order valence-electron chi connectivity index (χ1n) is 13.0. The summed E-state index contributed by atoms with van der Waals surface area (Å²) in [6.07, 6.45) is 0.215. The second-order valence-electron chi connectivity index (χ2n) is 10.1. The van der Waals surface area contributed by atoms with Crippen molar-refractivity contribution in [1.82, 2.24) is 14.5 Å². The van der Waals surface area contributed by atoms with Crippen molar-refractivity contribution >= 4 is 45.0 Å². The van der Waals surface area contributed by atoms with E-state index in [1.54, 1.807) is 30.3 Å². The molecule has 40 heavy (non-hydrogen) atoms. The Hall–Kier alpha value is -2.91. The Kier molecular flexibility index (Phi) is 11.2. The highest BCUT2D eigenvalue weighted by molar-refractivity contribution is 7.89. The fourth-order valence-electron chi connectivity index (χ4n) is 4.09. The Bertz CT molecular complexity index is 1390. The summed E-state index contributed by atoms with van der Waals surface area (Å²) in [4.78, 5) is 29.0. The molecule has 7 nitrogen and oxygen atoms in total. The van der Waals surface area contributed by atoms with Gasteiger partial charge in [-0.3, -0.25) is 9.59 Å². The molecule has 0 spiro atoms. The molecule has 0 unspecified atom stereocenters. The van der Waals surface area contributed by atoms with E-state index in [4.69, 9.17) is 23.2 Å². The van der Waals surface area contributed by atoms with E-state index in [0.29, 0.717) is 22.2 Å². The monoisotopic (exact) mass is 603 g/mol. The van der Waals surface area contributed by atoms with Gasteiger partial charge in [-0.25, -0.2) is 8.42 Å². The van der Waals surface area contributed by atoms with Crippen molar-refractivity contribution in [2.75, 3.05) is 20.1 Å². The lowest BCUT2D eigenvalue weighted by Gasteiger charge is -2.33. The number of hydrogen-bond acceptors (Lipinski definition) is 4. The number of hydrogen-bond donors (Lipinski definition) is 1. The number of benzene rings is 3. The van der Waals surface area contributed by atoms with Gasteiger partial charge in [0, 0.05) is 42.2 Å². The summed E-state index contributed by atoms with van der Waals surface area (Å²) in [6, 6.07) is 19.8. The molecule has 3 aromatic carbocycles. The summed E-state index contributed by atoms with van der Waals surface area (Å²) in [6.45, 7) is 5.66. The van der Waals surface area contributed by atoms with Crippen LogP contribution in [0, 0.1) is 12.8 Å². The molecule has 0 aromatic heterocycles. The summed E-state index contributed by atoms with van der Waals surface area (Å²) >= 11 is 12.9. The van der Waals surface area contributed by atoms with Gasteiger partial charge in [0.15, 0.2) is 0 Å². The zero-order valence-corrected chi connectivity index (χ0v) is 25.4. The van der Waals surface area contributed by atoms with Gasteiger partial charge in [-0.2, -0.15) is 4.31 Å². The van der Waals surface area contributed by atoms with Gasteiger partial charge in [0.1, 0.15) is 6.04 Å². The molecule has 0 fully saturated rings. The molecule has 0 bridgehead atoms. The van der Waals surface area contributed by atoms with Gasteiger partial charge in [0.05, 0.1) is 11.4 Å². The molecule has 3 aromatic rings. The van der Waals surface area contributed by atoms with E-state index in [9.17, 15) is 18.0 Å². The molecule has 0 aliphatic rings. The molecule has 1 N–H and O–H groups in total. The third-order valence-electron chi connectivity index (χ3n) is 6.43. The van der Waals surface area contributed by atoms with E-state index in [0.717, 1.165) is 15.4 Å². The molecular formula is C30H35Cl2N3O4S. The average molecular weight is 605 g/mol. The summed E-state index contributed by atoms with van der Waals surface area (Å²) in [7, 11) is -2.62. The number of carbonyl (C=O) groups is 2. The van der Waals surface area contributed by atoms with Crippen molar-refractivity contribution in [3.8, 4) is 0 Å². The maximum Gasteiger partial charge on any atom is 0.243 e. The molecule has 0 aliphatic heterocycles. The number of sulfonamides is 1. The molecule has 1 atom stereocenters. The maximum atomic E-state index is 13.9. The predicted molar refractivity (Wildman–Crippen MR) is 160 cm³/mol. The molecule has 214 valence electrons. The van der Waals surface area contributed by atoms with E-state index in [1.807, 2.05) is 51.1 Å². The second-order valence-corrected chi connectivity index (χ2v) is 13.0. The topological polar surface area (TPSA) is 86.8 Å². The van der Waals surface area contributed by atoms with Crippen LogP contribution < -0.4 is 5.32 Å². The van der Waals surface area contributed by atoms with Crippen LogP contribution in [-0.4, -0.2) is 55.6 Å². The number of rotatable bonds is 12. The SMILES string of the molecule is Cc1ccc(S(=O)(=O)N(C)CC(=O)N(Cc2c(Cl)cccc2Cl)[C@H](Cc2ccccc2)C(=O)NCC(C)C)cc1. The van der Waals surface area contributed by atoms with Crippen LogP contribution in [0.3, 0.4) is 0 Å². The van der Waals surface area contributed by atoms with Crippen LogP contribution >= 0.6 is 23.2 Å². The third kappa shape index (κ3) is 8.30. The predicted octanol–water partition coefficient (Wildman–Crippen LogP) is 5.33. The molecule has 10 heteroatoms. The second kappa shape index (κ2) is 14.1. The van der Waals surface area contributed by atoms with Crippen LogP contribution in [0.4, 0.5) is 0 Å². The van der Waals surface area contributed by atoms with E-state index in [2.05, 4.69) is 5.32 Å². The van der Waals surface area contributed by atoms with Crippen LogP contribution in [0.2, 0.25) is 10.0 Å². The lowest BCUT2D eigenvalue weighted by Crippen LogP contribution is -2.53. The molecule has 0 aliphatic carbocycles. The zero-order valence-electron chi connectivity index (χ0n) is 23.1. The van der Waals surface area contributed by atoms with Crippen molar-refractivity contribution in [1.29, 1.82) is 0 Å². The summed E-state index contributed by atoms with van der Waals surface area (Å²) in [5.41, 5.74) is 2.23. The summed E-state index contributed by atoms with van der Waals surface area (Å²) in [5, 5.41) is 3.62. The van der Waals surface area contributed by atoms with Crippen LogP contribution in [0.25, 0.3) is 0 Å². The Morgan fingerprint density at radius 2 is 1.50 bits per heavy atom. The number of amides is 2.